The summed E-state index contributed by atoms with van der Waals surface area (Å²) in [5.74, 6) is 0. The molecule has 0 heterocycles. The molecule has 1 aromatic carbocycles. The molecule has 0 atom stereocenters. The first kappa shape index (κ1) is 10.5. The van der Waals surface area contributed by atoms with Crippen LogP contribution in [0.4, 0.5) is 0 Å². The Kier molecular flexibility index (Phi) is 4.20. The monoisotopic (exact) mass is 242 g/mol. The van der Waals surface area contributed by atoms with E-state index in [2.05, 4.69) is 13.8 Å². The van der Waals surface area contributed by atoms with Gasteiger partial charge in [0.1, 0.15) is 0 Å². The fourth-order valence-electron chi connectivity index (χ4n) is 1.07. The van der Waals surface area contributed by atoms with Crippen molar-refractivity contribution in [3.63, 3.8) is 0 Å². The first-order valence-electron chi connectivity index (χ1n) is 4.42. The Morgan fingerprint density at radius 1 is 1.31 bits per heavy atom. The second kappa shape index (κ2) is 5.21. The quantitative estimate of drug-likeness (QED) is 0.739. The molecule has 2 heteroatoms. The molecule has 0 aliphatic rings. The normalized spacial score (nSPS) is 10.4. The van der Waals surface area contributed by atoms with Gasteiger partial charge < -0.3 is 0 Å². The molecular formula is C11H14OSe. The van der Waals surface area contributed by atoms with Crippen molar-refractivity contribution in [2.75, 3.05) is 0 Å². The van der Waals surface area contributed by atoms with E-state index in [4.69, 9.17) is 0 Å². The predicted molar refractivity (Wildman–Crippen MR) is 56.0 cm³/mol. The molecule has 0 saturated heterocycles. The number of rotatable bonds is 4. The zero-order valence-electron chi connectivity index (χ0n) is 7.99. The molecule has 70 valence electrons. The molecule has 0 radical (unpaired) electrons. The van der Waals surface area contributed by atoms with E-state index in [1.807, 2.05) is 30.3 Å². The maximum absolute atomic E-state index is 11.5. The predicted octanol–water partition coefficient (Wildman–Crippen LogP) is 2.29. The summed E-state index contributed by atoms with van der Waals surface area (Å²) in [7, 11) is 0. The van der Waals surface area contributed by atoms with E-state index >= 15 is 0 Å². The molecule has 0 aromatic heterocycles. The second-order valence-corrected chi connectivity index (χ2v) is 6.63. The third-order valence-electron chi connectivity index (χ3n) is 1.56. The van der Waals surface area contributed by atoms with Crippen molar-refractivity contribution in [3.8, 4) is 0 Å². The topological polar surface area (TPSA) is 17.1 Å². The van der Waals surface area contributed by atoms with Crippen LogP contribution in [0.3, 0.4) is 0 Å². The molecule has 0 aliphatic heterocycles. The van der Waals surface area contributed by atoms with Crippen LogP contribution >= 0.6 is 0 Å². The van der Waals surface area contributed by atoms with Crippen LogP contribution in [-0.4, -0.2) is 19.6 Å². The van der Waals surface area contributed by atoms with Gasteiger partial charge >= 0.3 is 85.4 Å². The zero-order valence-corrected chi connectivity index (χ0v) is 9.70. The van der Waals surface area contributed by atoms with Gasteiger partial charge in [-0.15, -0.1) is 0 Å². The summed E-state index contributed by atoms with van der Waals surface area (Å²) in [6, 6.07) is 9.94. The molecule has 0 saturated carbocycles. The summed E-state index contributed by atoms with van der Waals surface area (Å²) >= 11 is 0.149. The Morgan fingerprint density at radius 2 is 1.92 bits per heavy atom. The molecule has 0 aliphatic carbocycles. The van der Waals surface area contributed by atoms with E-state index in [9.17, 15) is 4.79 Å². The van der Waals surface area contributed by atoms with Crippen molar-refractivity contribution in [2.45, 2.75) is 25.1 Å². The SMILES string of the molecule is CC(C)[Se]C(=O)Cc1ccccc1. The Labute approximate surface area is 85.7 Å². The Bertz CT molecular complexity index is 267. The van der Waals surface area contributed by atoms with Crippen LogP contribution in [0.25, 0.3) is 0 Å². The van der Waals surface area contributed by atoms with Gasteiger partial charge in [0.05, 0.1) is 0 Å². The molecule has 0 N–H and O–H groups in total. The van der Waals surface area contributed by atoms with Crippen LogP contribution in [-0.2, 0) is 11.2 Å². The third-order valence-corrected chi connectivity index (χ3v) is 3.40. The number of hydrogen-bond donors (Lipinski definition) is 0. The van der Waals surface area contributed by atoms with Crippen molar-refractivity contribution in [1.82, 2.24) is 0 Å². The second-order valence-electron chi connectivity index (χ2n) is 3.20. The van der Waals surface area contributed by atoms with Crippen molar-refractivity contribution in [1.29, 1.82) is 0 Å². The van der Waals surface area contributed by atoms with Gasteiger partial charge in [0.15, 0.2) is 0 Å². The average molecular weight is 241 g/mol. The van der Waals surface area contributed by atoms with Gasteiger partial charge in [-0.05, 0) is 0 Å². The Balaban J connectivity index is 2.46. The van der Waals surface area contributed by atoms with Gasteiger partial charge in [-0.2, -0.15) is 0 Å². The minimum absolute atomic E-state index is 0.149. The van der Waals surface area contributed by atoms with E-state index in [1.54, 1.807) is 0 Å². The van der Waals surface area contributed by atoms with Crippen LogP contribution in [0.5, 0.6) is 0 Å². The summed E-state index contributed by atoms with van der Waals surface area (Å²) in [4.78, 5) is 12.0. The van der Waals surface area contributed by atoms with Gasteiger partial charge in [-0.3, -0.25) is 0 Å². The summed E-state index contributed by atoms with van der Waals surface area (Å²) in [6.45, 7) is 4.20. The van der Waals surface area contributed by atoms with Gasteiger partial charge in [0.25, 0.3) is 0 Å². The molecule has 0 unspecified atom stereocenters. The van der Waals surface area contributed by atoms with Crippen molar-refractivity contribution in [2.24, 2.45) is 0 Å². The fraction of sp³-hybridized carbons (Fsp3) is 0.364. The van der Waals surface area contributed by atoms with Crippen LogP contribution in [0.1, 0.15) is 19.4 Å². The summed E-state index contributed by atoms with van der Waals surface area (Å²) < 4.78 is 0.397. The minimum atomic E-state index is 0.149. The van der Waals surface area contributed by atoms with E-state index in [0.717, 1.165) is 5.56 Å². The molecule has 1 rings (SSSR count). The van der Waals surface area contributed by atoms with Gasteiger partial charge in [-0.1, -0.05) is 0 Å². The number of benzene rings is 1. The number of carbonyl (C=O) groups excluding carboxylic acids is 1. The maximum atomic E-state index is 11.5. The van der Waals surface area contributed by atoms with Crippen LogP contribution < -0.4 is 0 Å². The van der Waals surface area contributed by atoms with Crippen molar-refractivity contribution in [3.05, 3.63) is 35.9 Å². The Hall–Kier alpha value is -0.591. The van der Waals surface area contributed by atoms with Crippen LogP contribution in [0.2, 0.25) is 4.82 Å². The van der Waals surface area contributed by atoms with Gasteiger partial charge in [0, 0.05) is 0 Å². The fourth-order valence-corrected chi connectivity index (χ4v) is 2.69. The van der Waals surface area contributed by atoms with Gasteiger partial charge in [0.2, 0.25) is 0 Å². The molecular weight excluding hydrogens is 227 g/mol. The van der Waals surface area contributed by atoms with Crippen LogP contribution in [0.15, 0.2) is 30.3 Å². The molecule has 0 fully saturated rings. The van der Waals surface area contributed by atoms with Crippen LogP contribution in [0, 0.1) is 0 Å². The summed E-state index contributed by atoms with van der Waals surface area (Å²) in [5.41, 5.74) is 1.13. The molecule has 0 spiro atoms. The molecule has 13 heavy (non-hydrogen) atoms. The number of carbonyl (C=O) groups is 1. The van der Waals surface area contributed by atoms with Crippen molar-refractivity contribution < 1.29 is 4.79 Å². The molecule has 0 amide bonds. The standard InChI is InChI=1S/C11H14OSe/c1-9(2)13-11(12)8-10-6-4-3-5-7-10/h3-7,9H,8H2,1-2H3. The summed E-state index contributed by atoms with van der Waals surface area (Å²) in [6.07, 6.45) is 0.610. The zero-order chi connectivity index (χ0) is 9.68. The van der Waals surface area contributed by atoms with E-state index in [1.165, 1.54) is 0 Å². The third kappa shape index (κ3) is 4.25. The first-order valence-corrected chi connectivity index (χ1v) is 6.26. The van der Waals surface area contributed by atoms with E-state index in [-0.39, 0.29) is 15.0 Å². The van der Waals surface area contributed by atoms with Gasteiger partial charge in [-0.25, -0.2) is 0 Å². The molecule has 1 nitrogen and oxygen atoms in total. The van der Waals surface area contributed by atoms with E-state index in [0.29, 0.717) is 15.9 Å². The van der Waals surface area contributed by atoms with E-state index < -0.39 is 0 Å². The molecule has 1 aromatic rings. The molecule has 0 bridgehead atoms. The first-order chi connectivity index (χ1) is 6.18. The summed E-state index contributed by atoms with van der Waals surface area (Å²) in [5, 5.41) is 0. The number of hydrogen-bond acceptors (Lipinski definition) is 1. The Morgan fingerprint density at radius 3 is 2.46 bits per heavy atom. The average Bonchev–Trinajstić information content (AvgIpc) is 2.04. The van der Waals surface area contributed by atoms with Crippen molar-refractivity contribution >= 4 is 19.6 Å².